The lowest BCUT2D eigenvalue weighted by atomic mass is 9.84. The monoisotopic (exact) mass is 255 g/mol. The molecule has 0 bridgehead atoms. The Kier molecular flexibility index (Phi) is 4.71. The lowest BCUT2D eigenvalue weighted by Crippen LogP contribution is -2.38. The Morgan fingerprint density at radius 2 is 1.76 bits per heavy atom. The van der Waals surface area contributed by atoms with Gasteiger partial charge in [-0.2, -0.15) is 0 Å². The van der Waals surface area contributed by atoms with Crippen LogP contribution in [0.15, 0.2) is 30.3 Å². The summed E-state index contributed by atoms with van der Waals surface area (Å²) in [4.78, 5) is 0. The first kappa shape index (κ1) is 14.2. The molecular weight excluding hydrogens is 234 g/mol. The second-order valence-corrected chi connectivity index (χ2v) is 6.91. The zero-order valence-corrected chi connectivity index (χ0v) is 11.3. The molecule has 0 aliphatic rings. The number of nitrogens with two attached hydrogens (primary N) is 1. The molecule has 1 rings (SSSR count). The molecular formula is C13H21NO2S. The van der Waals surface area contributed by atoms with Crippen LogP contribution in [0.25, 0.3) is 0 Å². The molecule has 17 heavy (non-hydrogen) atoms. The molecule has 96 valence electrons. The molecule has 0 fully saturated rings. The van der Waals surface area contributed by atoms with Gasteiger partial charge in [0.05, 0.1) is 5.75 Å². The van der Waals surface area contributed by atoms with Crippen LogP contribution < -0.4 is 5.73 Å². The summed E-state index contributed by atoms with van der Waals surface area (Å²) in [6.45, 7) is 2.06. The number of sulfone groups is 1. The van der Waals surface area contributed by atoms with Gasteiger partial charge in [0.2, 0.25) is 0 Å². The minimum atomic E-state index is -2.96. The fourth-order valence-electron chi connectivity index (χ4n) is 2.00. The summed E-state index contributed by atoms with van der Waals surface area (Å²) >= 11 is 0. The summed E-state index contributed by atoms with van der Waals surface area (Å²) < 4.78 is 22.5. The van der Waals surface area contributed by atoms with E-state index in [-0.39, 0.29) is 5.75 Å². The molecule has 0 radical (unpaired) electrons. The minimum Gasteiger partial charge on any atom is -0.321 e. The maximum Gasteiger partial charge on any atom is 0.147 e. The zero-order valence-electron chi connectivity index (χ0n) is 10.5. The fraction of sp³-hybridized carbons (Fsp3) is 0.538. The highest BCUT2D eigenvalue weighted by molar-refractivity contribution is 7.90. The van der Waals surface area contributed by atoms with Crippen LogP contribution >= 0.6 is 0 Å². The topological polar surface area (TPSA) is 60.2 Å². The van der Waals surface area contributed by atoms with Crippen molar-refractivity contribution in [3.8, 4) is 0 Å². The summed E-state index contributed by atoms with van der Waals surface area (Å²) in [5, 5.41) is 0. The predicted octanol–water partition coefficient (Wildman–Crippen LogP) is 2.08. The predicted molar refractivity (Wildman–Crippen MR) is 71.5 cm³/mol. The van der Waals surface area contributed by atoms with Gasteiger partial charge < -0.3 is 5.73 Å². The van der Waals surface area contributed by atoms with Gasteiger partial charge in [-0.3, -0.25) is 0 Å². The highest BCUT2D eigenvalue weighted by Gasteiger charge is 2.27. The zero-order chi connectivity index (χ0) is 12.9. The Morgan fingerprint density at radius 1 is 1.18 bits per heavy atom. The molecule has 0 saturated carbocycles. The van der Waals surface area contributed by atoms with Crippen molar-refractivity contribution in [2.75, 3.05) is 12.0 Å². The van der Waals surface area contributed by atoms with E-state index >= 15 is 0 Å². The van der Waals surface area contributed by atoms with Crippen LogP contribution in [-0.2, 0) is 15.4 Å². The smallest absolute Gasteiger partial charge is 0.147 e. The molecule has 1 unspecified atom stereocenters. The van der Waals surface area contributed by atoms with Crippen LogP contribution in [0.2, 0.25) is 0 Å². The van der Waals surface area contributed by atoms with Gasteiger partial charge in [-0.1, -0.05) is 43.7 Å². The second-order valence-electron chi connectivity index (χ2n) is 4.65. The minimum absolute atomic E-state index is 0.137. The van der Waals surface area contributed by atoms with Crippen molar-refractivity contribution in [2.24, 2.45) is 5.73 Å². The normalized spacial score (nSPS) is 15.5. The van der Waals surface area contributed by atoms with Gasteiger partial charge in [0, 0.05) is 11.8 Å². The van der Waals surface area contributed by atoms with Crippen molar-refractivity contribution >= 4 is 9.84 Å². The Labute approximate surface area is 104 Å². The van der Waals surface area contributed by atoms with Crippen LogP contribution in [0.4, 0.5) is 0 Å². The molecule has 0 amide bonds. The molecule has 0 saturated heterocycles. The SMILES string of the molecule is CCCC(N)(CCS(C)(=O)=O)c1ccccc1. The summed E-state index contributed by atoms with van der Waals surface area (Å²) in [5.74, 6) is 0.137. The largest absolute Gasteiger partial charge is 0.321 e. The molecule has 0 aliphatic carbocycles. The Bertz CT molecular complexity index is 442. The molecule has 0 heterocycles. The first-order valence-electron chi connectivity index (χ1n) is 5.89. The van der Waals surface area contributed by atoms with E-state index < -0.39 is 15.4 Å². The van der Waals surface area contributed by atoms with Crippen molar-refractivity contribution in [1.82, 2.24) is 0 Å². The Balaban J connectivity index is 2.90. The standard InChI is InChI=1S/C13H21NO2S/c1-3-9-13(14,10-11-17(2,15)16)12-7-5-4-6-8-12/h4-8H,3,9-11,14H2,1-2H3. The van der Waals surface area contributed by atoms with Gasteiger partial charge in [0.1, 0.15) is 9.84 Å². The summed E-state index contributed by atoms with van der Waals surface area (Å²) in [7, 11) is -2.96. The van der Waals surface area contributed by atoms with Gasteiger partial charge in [-0.25, -0.2) is 8.42 Å². The summed E-state index contributed by atoms with van der Waals surface area (Å²) in [5.41, 5.74) is 6.86. The van der Waals surface area contributed by atoms with Crippen molar-refractivity contribution in [2.45, 2.75) is 31.7 Å². The maximum atomic E-state index is 11.3. The lowest BCUT2D eigenvalue weighted by molar-refractivity contribution is 0.389. The van der Waals surface area contributed by atoms with Crippen molar-refractivity contribution in [3.63, 3.8) is 0 Å². The highest BCUT2D eigenvalue weighted by atomic mass is 32.2. The van der Waals surface area contributed by atoms with Crippen molar-refractivity contribution in [1.29, 1.82) is 0 Å². The maximum absolute atomic E-state index is 11.3. The van der Waals surface area contributed by atoms with E-state index in [4.69, 9.17) is 5.73 Å². The number of hydrogen-bond acceptors (Lipinski definition) is 3. The average molecular weight is 255 g/mol. The number of hydrogen-bond donors (Lipinski definition) is 1. The molecule has 2 N–H and O–H groups in total. The average Bonchev–Trinajstić information content (AvgIpc) is 2.27. The second kappa shape index (κ2) is 5.65. The molecule has 1 aromatic carbocycles. The van der Waals surface area contributed by atoms with Gasteiger partial charge in [-0.05, 0) is 18.4 Å². The Morgan fingerprint density at radius 3 is 2.24 bits per heavy atom. The van der Waals surface area contributed by atoms with E-state index in [1.807, 2.05) is 30.3 Å². The van der Waals surface area contributed by atoms with E-state index in [1.165, 1.54) is 6.26 Å². The summed E-state index contributed by atoms with van der Waals surface area (Å²) in [6.07, 6.45) is 3.47. The van der Waals surface area contributed by atoms with Gasteiger partial charge >= 0.3 is 0 Å². The third kappa shape index (κ3) is 4.48. The van der Waals surface area contributed by atoms with Crippen LogP contribution in [0.5, 0.6) is 0 Å². The van der Waals surface area contributed by atoms with Crippen molar-refractivity contribution < 1.29 is 8.42 Å². The first-order valence-corrected chi connectivity index (χ1v) is 7.95. The van der Waals surface area contributed by atoms with Gasteiger partial charge in [0.15, 0.2) is 0 Å². The Hall–Kier alpha value is -0.870. The third-order valence-corrected chi connectivity index (χ3v) is 3.91. The van der Waals surface area contributed by atoms with Gasteiger partial charge in [-0.15, -0.1) is 0 Å². The van der Waals surface area contributed by atoms with Gasteiger partial charge in [0.25, 0.3) is 0 Å². The van der Waals surface area contributed by atoms with Crippen LogP contribution in [0.1, 0.15) is 31.7 Å². The van der Waals surface area contributed by atoms with Crippen LogP contribution in [0.3, 0.4) is 0 Å². The molecule has 0 aliphatic heterocycles. The summed E-state index contributed by atoms with van der Waals surface area (Å²) in [6, 6.07) is 9.75. The molecule has 0 spiro atoms. The number of benzene rings is 1. The van der Waals surface area contributed by atoms with E-state index in [1.54, 1.807) is 0 Å². The molecule has 1 aromatic rings. The quantitative estimate of drug-likeness (QED) is 0.846. The lowest BCUT2D eigenvalue weighted by Gasteiger charge is -2.29. The molecule has 1 atom stereocenters. The molecule has 4 heteroatoms. The van der Waals surface area contributed by atoms with Crippen LogP contribution in [0, 0.1) is 0 Å². The van der Waals surface area contributed by atoms with E-state index in [0.717, 1.165) is 18.4 Å². The third-order valence-electron chi connectivity index (χ3n) is 2.96. The van der Waals surface area contributed by atoms with E-state index in [0.29, 0.717) is 6.42 Å². The van der Waals surface area contributed by atoms with E-state index in [9.17, 15) is 8.42 Å². The molecule has 0 aromatic heterocycles. The molecule has 3 nitrogen and oxygen atoms in total. The van der Waals surface area contributed by atoms with Crippen molar-refractivity contribution in [3.05, 3.63) is 35.9 Å². The fourth-order valence-corrected chi connectivity index (χ4v) is 2.73. The van der Waals surface area contributed by atoms with Crippen LogP contribution in [-0.4, -0.2) is 20.4 Å². The number of rotatable bonds is 6. The van der Waals surface area contributed by atoms with E-state index in [2.05, 4.69) is 6.92 Å². The highest BCUT2D eigenvalue weighted by Crippen LogP contribution is 2.27. The first-order chi connectivity index (χ1) is 7.87.